The maximum Gasteiger partial charge on any atom is 0.292 e. The van der Waals surface area contributed by atoms with Crippen molar-refractivity contribution in [1.29, 1.82) is 0 Å². The second-order valence-corrected chi connectivity index (χ2v) is 5.40. The fourth-order valence-corrected chi connectivity index (χ4v) is 2.26. The van der Waals surface area contributed by atoms with Gasteiger partial charge in [0.25, 0.3) is 5.69 Å². The van der Waals surface area contributed by atoms with Crippen molar-refractivity contribution in [3.8, 4) is 0 Å². The first-order valence-electron chi connectivity index (χ1n) is 7.03. The van der Waals surface area contributed by atoms with Gasteiger partial charge in [-0.25, -0.2) is 0 Å². The molecule has 0 saturated carbocycles. The van der Waals surface area contributed by atoms with Crippen molar-refractivity contribution < 1.29 is 4.92 Å². The minimum absolute atomic E-state index is 0.137. The number of nitrogens with zero attached hydrogens (tertiary/aromatic N) is 1. The van der Waals surface area contributed by atoms with Crippen LogP contribution in [0.15, 0.2) is 42.5 Å². The van der Waals surface area contributed by atoms with Crippen LogP contribution in [-0.2, 0) is 0 Å². The molecule has 4 nitrogen and oxygen atoms in total. The molecule has 0 heterocycles. The summed E-state index contributed by atoms with van der Waals surface area (Å²) in [5.41, 5.74) is 3.93. The van der Waals surface area contributed by atoms with Crippen LogP contribution in [0.2, 0.25) is 0 Å². The lowest BCUT2D eigenvalue weighted by molar-refractivity contribution is -0.384. The Morgan fingerprint density at radius 2 is 1.76 bits per heavy atom. The average Bonchev–Trinajstić information content (AvgIpc) is 2.48. The maximum absolute atomic E-state index is 11.2. The second kappa shape index (κ2) is 6.39. The lowest BCUT2D eigenvalue weighted by Gasteiger charge is -2.15. The van der Waals surface area contributed by atoms with Gasteiger partial charge in [0.15, 0.2) is 0 Å². The summed E-state index contributed by atoms with van der Waals surface area (Å²) in [6.45, 7) is 6.62. The highest BCUT2D eigenvalue weighted by Crippen LogP contribution is 2.28. The topological polar surface area (TPSA) is 55.2 Å². The summed E-state index contributed by atoms with van der Waals surface area (Å²) in [4.78, 5) is 10.8. The van der Waals surface area contributed by atoms with Gasteiger partial charge >= 0.3 is 0 Å². The van der Waals surface area contributed by atoms with Crippen molar-refractivity contribution in [3.05, 3.63) is 69.3 Å². The summed E-state index contributed by atoms with van der Waals surface area (Å²) in [7, 11) is 0. The van der Waals surface area contributed by atoms with Crippen LogP contribution in [0, 0.1) is 24.0 Å². The molecule has 2 aromatic carbocycles. The van der Waals surface area contributed by atoms with Crippen molar-refractivity contribution >= 4 is 11.4 Å². The van der Waals surface area contributed by atoms with Gasteiger partial charge in [-0.3, -0.25) is 10.1 Å². The van der Waals surface area contributed by atoms with E-state index in [1.54, 1.807) is 6.07 Å². The van der Waals surface area contributed by atoms with Crippen molar-refractivity contribution in [2.24, 2.45) is 0 Å². The molecular formula is C17H20N2O2. The number of rotatable bonds is 5. The highest BCUT2D eigenvalue weighted by atomic mass is 16.6. The third-order valence-electron chi connectivity index (χ3n) is 3.78. The Hall–Kier alpha value is -2.36. The lowest BCUT2D eigenvalue weighted by Crippen LogP contribution is -2.11. The first-order chi connectivity index (χ1) is 9.99. The minimum Gasteiger partial charge on any atom is -0.379 e. The molecule has 0 fully saturated rings. The summed E-state index contributed by atoms with van der Waals surface area (Å²) >= 11 is 0. The minimum atomic E-state index is -0.331. The first-order valence-corrected chi connectivity index (χ1v) is 7.03. The van der Waals surface area contributed by atoms with Crippen LogP contribution in [0.4, 0.5) is 11.4 Å². The number of hydrogen-bond donors (Lipinski definition) is 1. The maximum atomic E-state index is 11.2. The summed E-state index contributed by atoms with van der Waals surface area (Å²) in [5.74, 6) is 0.285. The average molecular weight is 284 g/mol. The van der Waals surface area contributed by atoms with E-state index in [2.05, 4.69) is 24.4 Å². The molecule has 0 saturated heterocycles. The van der Waals surface area contributed by atoms with E-state index >= 15 is 0 Å². The van der Waals surface area contributed by atoms with Crippen LogP contribution in [0.3, 0.4) is 0 Å². The molecule has 1 N–H and O–H groups in total. The molecule has 2 rings (SSSR count). The van der Waals surface area contributed by atoms with Gasteiger partial charge < -0.3 is 5.32 Å². The highest BCUT2D eigenvalue weighted by Gasteiger charge is 2.16. The van der Waals surface area contributed by atoms with Gasteiger partial charge in [0.1, 0.15) is 5.69 Å². The summed E-state index contributed by atoms with van der Waals surface area (Å²) in [5, 5.41) is 14.4. The van der Waals surface area contributed by atoms with Crippen LogP contribution < -0.4 is 5.32 Å². The van der Waals surface area contributed by atoms with Crippen LogP contribution in [0.25, 0.3) is 0 Å². The molecule has 0 aliphatic rings. The number of nitro benzene ring substituents is 1. The van der Waals surface area contributed by atoms with E-state index in [0.717, 1.165) is 11.1 Å². The third-order valence-corrected chi connectivity index (χ3v) is 3.78. The molecule has 0 spiro atoms. The van der Waals surface area contributed by atoms with Crippen LogP contribution >= 0.6 is 0 Å². The van der Waals surface area contributed by atoms with Gasteiger partial charge in [-0.15, -0.1) is 0 Å². The zero-order chi connectivity index (χ0) is 15.4. The molecule has 2 aromatic rings. The predicted molar refractivity (Wildman–Crippen MR) is 85.9 cm³/mol. The van der Waals surface area contributed by atoms with Gasteiger partial charge in [-0.05, 0) is 42.5 Å². The fraction of sp³-hybridized carbons (Fsp3) is 0.294. The molecule has 0 aromatic heterocycles. The zero-order valence-electron chi connectivity index (χ0n) is 12.6. The van der Waals surface area contributed by atoms with Crippen molar-refractivity contribution in [2.75, 3.05) is 11.9 Å². The molecule has 0 radical (unpaired) electrons. The van der Waals surface area contributed by atoms with Gasteiger partial charge in [0.05, 0.1) is 4.92 Å². The van der Waals surface area contributed by atoms with E-state index < -0.39 is 0 Å². The van der Waals surface area contributed by atoms with Crippen molar-refractivity contribution in [1.82, 2.24) is 0 Å². The molecular weight excluding hydrogens is 264 g/mol. The molecule has 110 valence electrons. The molecule has 0 aliphatic heterocycles. The molecule has 0 aliphatic carbocycles. The number of anilines is 1. The van der Waals surface area contributed by atoms with E-state index in [1.807, 2.05) is 38.1 Å². The second-order valence-electron chi connectivity index (χ2n) is 5.40. The SMILES string of the molecule is Cc1cc(NCC(C)c2ccccc2)c([N+](=O)[O-])cc1C. The van der Waals surface area contributed by atoms with E-state index in [4.69, 9.17) is 0 Å². The third kappa shape index (κ3) is 3.60. The summed E-state index contributed by atoms with van der Waals surface area (Å²) < 4.78 is 0. The number of hydrogen-bond acceptors (Lipinski definition) is 3. The lowest BCUT2D eigenvalue weighted by atomic mass is 10.0. The number of benzene rings is 2. The Balaban J connectivity index is 2.16. The number of nitro groups is 1. The monoisotopic (exact) mass is 284 g/mol. The number of nitrogens with one attached hydrogen (secondary N) is 1. The smallest absolute Gasteiger partial charge is 0.292 e. The van der Waals surface area contributed by atoms with Crippen LogP contribution in [-0.4, -0.2) is 11.5 Å². The Labute approximate surface area is 125 Å². The predicted octanol–water partition coefficient (Wildman–Crippen LogP) is 4.43. The van der Waals surface area contributed by atoms with Gasteiger partial charge in [-0.2, -0.15) is 0 Å². The standard InChI is InChI=1S/C17H20N2O2/c1-12-9-16(17(19(20)21)10-13(12)2)18-11-14(3)15-7-5-4-6-8-15/h4-10,14,18H,11H2,1-3H3. The highest BCUT2D eigenvalue weighted by molar-refractivity contribution is 5.64. The van der Waals surface area contributed by atoms with Gasteiger partial charge in [0, 0.05) is 12.6 Å². The quantitative estimate of drug-likeness (QED) is 0.653. The Morgan fingerprint density at radius 3 is 2.38 bits per heavy atom. The van der Waals surface area contributed by atoms with Crippen LogP contribution in [0.1, 0.15) is 29.5 Å². The van der Waals surface area contributed by atoms with Gasteiger partial charge in [0.2, 0.25) is 0 Å². The van der Waals surface area contributed by atoms with E-state index in [0.29, 0.717) is 12.2 Å². The van der Waals surface area contributed by atoms with Crippen molar-refractivity contribution in [3.63, 3.8) is 0 Å². The molecule has 0 bridgehead atoms. The van der Waals surface area contributed by atoms with E-state index in [-0.39, 0.29) is 16.5 Å². The van der Waals surface area contributed by atoms with Gasteiger partial charge in [-0.1, -0.05) is 37.3 Å². The first kappa shape index (κ1) is 15.0. The Bertz CT molecular complexity index is 639. The van der Waals surface area contributed by atoms with E-state index in [9.17, 15) is 10.1 Å². The summed E-state index contributed by atoms with van der Waals surface area (Å²) in [6, 6.07) is 13.6. The largest absolute Gasteiger partial charge is 0.379 e. The normalized spacial score (nSPS) is 12.0. The Morgan fingerprint density at radius 1 is 1.14 bits per heavy atom. The number of aryl methyl sites for hydroxylation is 2. The molecule has 1 atom stereocenters. The molecule has 4 heteroatoms. The molecule has 21 heavy (non-hydrogen) atoms. The van der Waals surface area contributed by atoms with E-state index in [1.165, 1.54) is 5.56 Å². The zero-order valence-corrected chi connectivity index (χ0v) is 12.6. The summed E-state index contributed by atoms with van der Waals surface area (Å²) in [6.07, 6.45) is 0. The molecule has 1 unspecified atom stereocenters. The fourth-order valence-electron chi connectivity index (χ4n) is 2.26. The van der Waals surface area contributed by atoms with Crippen LogP contribution in [0.5, 0.6) is 0 Å². The Kier molecular flexibility index (Phi) is 4.58. The molecule has 0 amide bonds. The van der Waals surface area contributed by atoms with Crippen molar-refractivity contribution in [2.45, 2.75) is 26.7 Å².